The minimum absolute atomic E-state index is 0.281. The molecule has 4 nitrogen and oxygen atoms in total. The Morgan fingerprint density at radius 3 is 2.42 bits per heavy atom. The van der Waals surface area contributed by atoms with Crippen LogP contribution in [0, 0.1) is 28.9 Å². The van der Waals surface area contributed by atoms with Crippen molar-refractivity contribution < 1.29 is 23.5 Å². The zero-order valence-electron chi connectivity index (χ0n) is 10.4. The topological polar surface area (TPSA) is 66.4 Å². The van der Waals surface area contributed by atoms with Crippen LogP contribution in [0.2, 0.25) is 0 Å². The van der Waals surface area contributed by atoms with Crippen molar-refractivity contribution in [2.75, 3.05) is 5.32 Å². The minimum atomic E-state index is -1.06. The molecule has 1 fully saturated rings. The number of halogens is 2. The summed E-state index contributed by atoms with van der Waals surface area (Å²) in [5.41, 5.74) is -0.962. The first-order valence-electron chi connectivity index (χ1n) is 5.74. The Morgan fingerprint density at radius 1 is 1.26 bits per heavy atom. The van der Waals surface area contributed by atoms with E-state index in [0.717, 1.165) is 18.2 Å². The van der Waals surface area contributed by atoms with E-state index in [-0.39, 0.29) is 5.69 Å². The zero-order valence-corrected chi connectivity index (χ0v) is 10.4. The lowest BCUT2D eigenvalue weighted by atomic mass is 10.1. The van der Waals surface area contributed by atoms with E-state index in [4.69, 9.17) is 5.11 Å². The van der Waals surface area contributed by atoms with Crippen LogP contribution in [0.4, 0.5) is 14.5 Å². The number of anilines is 1. The number of rotatable bonds is 3. The number of carboxylic acids is 1. The molecule has 2 N–H and O–H groups in total. The maximum atomic E-state index is 13.4. The van der Waals surface area contributed by atoms with Gasteiger partial charge in [0, 0.05) is 6.07 Å². The van der Waals surface area contributed by atoms with Crippen molar-refractivity contribution in [2.45, 2.75) is 13.8 Å². The fraction of sp³-hybridized carbons (Fsp3) is 0.385. The minimum Gasteiger partial charge on any atom is -0.481 e. The molecule has 2 rings (SSSR count). The number of carboxylic acid groups (broad SMARTS) is 1. The number of carbonyl (C=O) groups excluding carboxylic acids is 1. The van der Waals surface area contributed by atoms with E-state index in [2.05, 4.69) is 5.32 Å². The van der Waals surface area contributed by atoms with Gasteiger partial charge in [-0.1, -0.05) is 13.8 Å². The Labute approximate surface area is 108 Å². The van der Waals surface area contributed by atoms with E-state index in [1.165, 1.54) is 0 Å². The first-order valence-corrected chi connectivity index (χ1v) is 5.74. The maximum Gasteiger partial charge on any atom is 0.307 e. The maximum absolute atomic E-state index is 13.4. The molecule has 1 aliphatic carbocycles. The van der Waals surface area contributed by atoms with Gasteiger partial charge in [-0.25, -0.2) is 8.78 Å². The molecule has 1 amide bonds. The third-order valence-electron chi connectivity index (χ3n) is 3.56. The normalized spacial score (nSPS) is 23.8. The standard InChI is InChI=1S/C13H13F2NO3/c1-13(2)9(10(13)12(18)19)11(17)16-8-5-6(14)3-4-7(8)15/h3-5,9-10H,1-2H3,(H,16,17)(H,18,19). The van der Waals surface area contributed by atoms with Gasteiger partial charge in [-0.2, -0.15) is 0 Å². The Bertz CT molecular complexity index is 557. The highest BCUT2D eigenvalue weighted by atomic mass is 19.1. The molecule has 2 unspecified atom stereocenters. The monoisotopic (exact) mass is 269 g/mol. The predicted octanol–water partition coefficient (Wildman–Crippen LogP) is 2.26. The third kappa shape index (κ3) is 2.30. The molecule has 0 heterocycles. The molecule has 0 radical (unpaired) electrons. The Hall–Kier alpha value is -1.98. The molecule has 0 saturated heterocycles. The van der Waals surface area contributed by atoms with E-state index in [1.54, 1.807) is 13.8 Å². The zero-order chi connectivity index (χ0) is 14.4. The van der Waals surface area contributed by atoms with Crippen LogP contribution in [0.3, 0.4) is 0 Å². The average molecular weight is 269 g/mol. The summed E-state index contributed by atoms with van der Waals surface area (Å²) in [6.45, 7) is 3.30. The fourth-order valence-corrected chi connectivity index (χ4v) is 2.39. The van der Waals surface area contributed by atoms with Gasteiger partial charge in [0.05, 0.1) is 17.5 Å². The number of carbonyl (C=O) groups is 2. The van der Waals surface area contributed by atoms with Gasteiger partial charge in [-0.05, 0) is 17.5 Å². The van der Waals surface area contributed by atoms with Crippen LogP contribution in [0.25, 0.3) is 0 Å². The Kier molecular flexibility index (Phi) is 3.04. The third-order valence-corrected chi connectivity index (χ3v) is 3.56. The van der Waals surface area contributed by atoms with Gasteiger partial charge in [0.1, 0.15) is 11.6 Å². The van der Waals surface area contributed by atoms with Crippen LogP contribution in [0.1, 0.15) is 13.8 Å². The lowest BCUT2D eigenvalue weighted by molar-refractivity contribution is -0.140. The Balaban J connectivity index is 2.15. The molecule has 1 aromatic rings. The summed E-state index contributed by atoms with van der Waals surface area (Å²) in [5, 5.41) is 11.2. The molecule has 0 aliphatic heterocycles. The van der Waals surface area contributed by atoms with Crippen molar-refractivity contribution in [2.24, 2.45) is 17.3 Å². The number of aliphatic carboxylic acids is 1. The summed E-state index contributed by atoms with van der Waals surface area (Å²) in [6, 6.07) is 2.70. The highest BCUT2D eigenvalue weighted by molar-refractivity contribution is 5.99. The van der Waals surface area contributed by atoms with Crippen LogP contribution in [0.15, 0.2) is 18.2 Å². The van der Waals surface area contributed by atoms with Gasteiger partial charge in [0.25, 0.3) is 0 Å². The molecule has 2 atom stereocenters. The number of amides is 1. The number of hydrogen-bond donors (Lipinski definition) is 2. The predicted molar refractivity (Wildman–Crippen MR) is 63.4 cm³/mol. The fourth-order valence-electron chi connectivity index (χ4n) is 2.39. The summed E-state index contributed by atoms with van der Waals surface area (Å²) < 4.78 is 26.3. The number of benzene rings is 1. The molecule has 1 aromatic carbocycles. The second kappa shape index (κ2) is 4.29. The van der Waals surface area contributed by atoms with E-state index in [9.17, 15) is 18.4 Å². The molecular weight excluding hydrogens is 256 g/mol. The molecule has 0 spiro atoms. The molecular formula is C13H13F2NO3. The van der Waals surface area contributed by atoms with E-state index < -0.39 is 40.8 Å². The van der Waals surface area contributed by atoms with Gasteiger partial charge in [0.15, 0.2) is 0 Å². The van der Waals surface area contributed by atoms with Crippen molar-refractivity contribution in [3.63, 3.8) is 0 Å². The van der Waals surface area contributed by atoms with Crippen molar-refractivity contribution >= 4 is 17.6 Å². The average Bonchev–Trinajstić information content (AvgIpc) is 2.87. The van der Waals surface area contributed by atoms with E-state index >= 15 is 0 Å². The summed E-state index contributed by atoms with van der Waals surface area (Å²) >= 11 is 0. The van der Waals surface area contributed by atoms with Crippen molar-refractivity contribution in [1.29, 1.82) is 0 Å². The van der Waals surface area contributed by atoms with Gasteiger partial charge < -0.3 is 10.4 Å². The van der Waals surface area contributed by atoms with Crippen molar-refractivity contribution in [3.05, 3.63) is 29.8 Å². The van der Waals surface area contributed by atoms with E-state index in [1.807, 2.05) is 0 Å². The van der Waals surface area contributed by atoms with Gasteiger partial charge in [-0.15, -0.1) is 0 Å². The largest absolute Gasteiger partial charge is 0.481 e. The summed E-state index contributed by atoms with van der Waals surface area (Å²) in [4.78, 5) is 22.9. The summed E-state index contributed by atoms with van der Waals surface area (Å²) in [5.74, 6) is -4.66. The smallest absolute Gasteiger partial charge is 0.307 e. The second-order valence-electron chi connectivity index (χ2n) is 5.23. The molecule has 1 saturated carbocycles. The first-order chi connectivity index (χ1) is 8.75. The lowest BCUT2D eigenvalue weighted by Crippen LogP contribution is -2.18. The van der Waals surface area contributed by atoms with Crippen LogP contribution in [-0.4, -0.2) is 17.0 Å². The summed E-state index contributed by atoms with van der Waals surface area (Å²) in [6.07, 6.45) is 0. The van der Waals surface area contributed by atoms with Crippen LogP contribution >= 0.6 is 0 Å². The quantitative estimate of drug-likeness (QED) is 0.884. The second-order valence-corrected chi connectivity index (χ2v) is 5.23. The van der Waals surface area contributed by atoms with Crippen LogP contribution < -0.4 is 5.32 Å². The van der Waals surface area contributed by atoms with Crippen molar-refractivity contribution in [3.8, 4) is 0 Å². The van der Waals surface area contributed by atoms with Gasteiger partial charge in [0.2, 0.25) is 5.91 Å². The van der Waals surface area contributed by atoms with Crippen molar-refractivity contribution in [1.82, 2.24) is 0 Å². The molecule has 0 bridgehead atoms. The molecule has 19 heavy (non-hydrogen) atoms. The summed E-state index contributed by atoms with van der Waals surface area (Å²) in [7, 11) is 0. The van der Waals surface area contributed by atoms with Gasteiger partial charge in [-0.3, -0.25) is 9.59 Å². The molecule has 1 aliphatic rings. The van der Waals surface area contributed by atoms with Crippen LogP contribution in [0.5, 0.6) is 0 Å². The lowest BCUT2D eigenvalue weighted by Gasteiger charge is -2.07. The highest BCUT2D eigenvalue weighted by Crippen LogP contribution is 2.58. The van der Waals surface area contributed by atoms with E-state index in [0.29, 0.717) is 0 Å². The first kappa shape index (κ1) is 13.5. The Morgan fingerprint density at radius 2 is 1.89 bits per heavy atom. The SMILES string of the molecule is CC1(C)C(C(=O)O)C1C(=O)Nc1cc(F)ccc1F. The highest BCUT2D eigenvalue weighted by Gasteiger charge is 2.65. The molecule has 6 heteroatoms. The number of nitrogens with one attached hydrogen (secondary N) is 1. The van der Waals surface area contributed by atoms with Crippen LogP contribution in [-0.2, 0) is 9.59 Å². The van der Waals surface area contributed by atoms with Gasteiger partial charge >= 0.3 is 5.97 Å². The molecule has 0 aromatic heterocycles. The molecule has 102 valence electrons. The number of hydrogen-bond acceptors (Lipinski definition) is 2.